The Bertz CT molecular complexity index is 1110. The monoisotopic (exact) mass is 470 g/mol. The third-order valence-corrected chi connectivity index (χ3v) is 5.37. The van der Waals surface area contributed by atoms with Crippen LogP contribution in [0.25, 0.3) is 0 Å². The van der Waals surface area contributed by atoms with Crippen molar-refractivity contribution in [3.05, 3.63) is 59.3 Å². The maximum absolute atomic E-state index is 15.2. The summed E-state index contributed by atoms with van der Waals surface area (Å²) >= 11 is 0. The number of hydrogen-bond acceptors (Lipinski definition) is 8. The largest absolute Gasteiger partial charge is 0.404 e. The number of amidine groups is 1. The Hall–Kier alpha value is -3.77. The van der Waals surface area contributed by atoms with E-state index < -0.39 is 12.1 Å². The summed E-state index contributed by atoms with van der Waals surface area (Å²) in [4.78, 5) is 23.2. The summed E-state index contributed by atoms with van der Waals surface area (Å²) in [5.74, 6) is -0.508. The van der Waals surface area contributed by atoms with Crippen LogP contribution in [-0.2, 0) is 17.8 Å². The fourth-order valence-corrected chi connectivity index (χ4v) is 3.59. The first-order chi connectivity index (χ1) is 16.6. The molecule has 34 heavy (non-hydrogen) atoms. The average molecular weight is 471 g/mol. The van der Waals surface area contributed by atoms with E-state index >= 15 is 4.39 Å². The van der Waals surface area contributed by atoms with Gasteiger partial charge in [0.25, 0.3) is 5.91 Å². The summed E-state index contributed by atoms with van der Waals surface area (Å²) in [5, 5.41) is 19.4. The lowest BCUT2D eigenvalue weighted by molar-refractivity contribution is 0.0299. The Morgan fingerprint density at radius 2 is 2.24 bits per heavy atom. The molecule has 12 heteroatoms. The first-order valence-corrected chi connectivity index (χ1v) is 10.9. The van der Waals surface area contributed by atoms with Crippen molar-refractivity contribution < 1.29 is 19.0 Å². The molecule has 1 aromatic carbocycles. The third kappa shape index (κ3) is 5.41. The molecule has 1 atom stereocenters. The minimum atomic E-state index is -0.586. The molecule has 0 saturated carbocycles. The fourth-order valence-electron chi connectivity index (χ4n) is 3.59. The molecule has 11 nitrogen and oxygen atoms in total. The maximum atomic E-state index is 15.2. The number of hydrogen-bond donors (Lipinski definition) is 4. The van der Waals surface area contributed by atoms with E-state index in [2.05, 4.69) is 25.7 Å². The number of morpholine rings is 1. The van der Waals surface area contributed by atoms with Crippen LogP contribution in [0.2, 0.25) is 0 Å². The molecule has 1 aromatic heterocycles. The number of aliphatic imine (C=N–C) groups is 2. The molecule has 1 saturated heterocycles. The van der Waals surface area contributed by atoms with Crippen LogP contribution in [-0.4, -0.2) is 76.9 Å². The molecule has 0 spiro atoms. The van der Waals surface area contributed by atoms with Crippen molar-refractivity contribution in [3.8, 4) is 0 Å². The molecule has 0 bridgehead atoms. The second kappa shape index (κ2) is 10.9. The van der Waals surface area contributed by atoms with Gasteiger partial charge in [-0.2, -0.15) is 5.10 Å². The number of rotatable bonds is 7. The number of carbonyl (C=O) groups excluding carboxylic acids is 1. The molecule has 2 aliphatic rings. The number of benzene rings is 1. The van der Waals surface area contributed by atoms with Crippen molar-refractivity contribution in [2.75, 3.05) is 38.2 Å². The Morgan fingerprint density at radius 3 is 3.00 bits per heavy atom. The number of carbonyl (C=O) groups is 1. The van der Waals surface area contributed by atoms with Crippen LogP contribution in [0, 0.1) is 5.82 Å². The predicted octanol–water partition coefficient (Wildman–Crippen LogP) is 0.298. The summed E-state index contributed by atoms with van der Waals surface area (Å²) in [6.45, 7) is 2.13. The van der Waals surface area contributed by atoms with E-state index in [0.717, 1.165) is 0 Å². The minimum absolute atomic E-state index is 0.00469. The van der Waals surface area contributed by atoms with Gasteiger partial charge in [-0.15, -0.1) is 0 Å². The molecule has 4 rings (SSSR count). The van der Waals surface area contributed by atoms with E-state index in [9.17, 15) is 4.79 Å². The Kier molecular flexibility index (Phi) is 7.50. The highest BCUT2D eigenvalue weighted by molar-refractivity contribution is 6.16. The first-order valence-electron chi connectivity index (χ1n) is 10.9. The van der Waals surface area contributed by atoms with Crippen LogP contribution < -0.4 is 16.4 Å². The van der Waals surface area contributed by atoms with Gasteiger partial charge in [0.2, 0.25) is 0 Å². The molecule has 0 radical (unpaired) electrons. The fraction of sp³-hybridized carbons (Fsp3) is 0.364. The zero-order valence-corrected chi connectivity index (χ0v) is 18.5. The van der Waals surface area contributed by atoms with Crippen LogP contribution >= 0.6 is 0 Å². The molecule has 0 aliphatic carbocycles. The summed E-state index contributed by atoms with van der Waals surface area (Å²) < 4.78 is 22.0. The number of aromatic nitrogens is 2. The van der Waals surface area contributed by atoms with E-state index in [-0.39, 0.29) is 24.6 Å². The molecular formula is C22H27FN8O3. The zero-order chi connectivity index (χ0) is 23.9. The van der Waals surface area contributed by atoms with Crippen molar-refractivity contribution in [1.29, 1.82) is 0 Å². The Morgan fingerprint density at radius 1 is 1.41 bits per heavy atom. The number of anilines is 1. The number of nitrogens with one attached hydrogen (secondary N) is 2. The Labute approximate surface area is 195 Å². The van der Waals surface area contributed by atoms with Crippen LogP contribution in [0.1, 0.15) is 15.9 Å². The first kappa shape index (κ1) is 23.4. The van der Waals surface area contributed by atoms with Gasteiger partial charge in [-0.3, -0.25) is 14.5 Å². The normalized spacial score (nSPS) is 20.5. The number of ether oxygens (including phenoxy) is 1. The van der Waals surface area contributed by atoms with Gasteiger partial charge < -0.3 is 31.1 Å². The van der Waals surface area contributed by atoms with Gasteiger partial charge in [-0.25, -0.2) is 9.38 Å². The zero-order valence-electron chi connectivity index (χ0n) is 18.5. The lowest BCUT2D eigenvalue weighted by atomic mass is 10.1. The van der Waals surface area contributed by atoms with Crippen LogP contribution in [0.4, 0.5) is 10.1 Å². The summed E-state index contributed by atoms with van der Waals surface area (Å²) in [7, 11) is 0. The maximum Gasteiger partial charge on any atom is 0.256 e. The lowest BCUT2D eigenvalue weighted by Gasteiger charge is -2.27. The number of amides is 1. The molecule has 1 fully saturated rings. The van der Waals surface area contributed by atoms with E-state index in [1.165, 1.54) is 12.3 Å². The van der Waals surface area contributed by atoms with E-state index in [4.69, 9.17) is 15.6 Å². The summed E-state index contributed by atoms with van der Waals surface area (Å²) in [6.07, 6.45) is 5.74. The van der Waals surface area contributed by atoms with Crippen LogP contribution in [0.15, 0.2) is 52.4 Å². The third-order valence-electron chi connectivity index (χ3n) is 5.37. The van der Waals surface area contributed by atoms with E-state index in [1.807, 2.05) is 0 Å². The van der Waals surface area contributed by atoms with Gasteiger partial charge >= 0.3 is 0 Å². The number of nitrogens with two attached hydrogens (primary N) is 1. The molecule has 5 N–H and O–H groups in total. The second-order valence-corrected chi connectivity index (χ2v) is 7.66. The summed E-state index contributed by atoms with van der Waals surface area (Å²) in [6, 6.07) is 4.73. The van der Waals surface area contributed by atoms with Gasteiger partial charge in [-0.05, 0) is 6.07 Å². The number of nitrogens with zero attached hydrogens (tertiary/aromatic N) is 5. The van der Waals surface area contributed by atoms with Crippen molar-refractivity contribution in [3.63, 3.8) is 0 Å². The number of aliphatic hydroxyl groups excluding tert-OH is 1. The highest BCUT2D eigenvalue weighted by Crippen LogP contribution is 2.18. The van der Waals surface area contributed by atoms with Crippen LogP contribution in [0.3, 0.4) is 0 Å². The smallest absolute Gasteiger partial charge is 0.256 e. The van der Waals surface area contributed by atoms with Gasteiger partial charge in [0.1, 0.15) is 11.7 Å². The molecule has 180 valence electrons. The van der Waals surface area contributed by atoms with Crippen LogP contribution in [0.5, 0.6) is 0 Å². The highest BCUT2D eigenvalue weighted by Gasteiger charge is 2.23. The van der Waals surface area contributed by atoms with Gasteiger partial charge in [-0.1, -0.05) is 12.1 Å². The lowest BCUT2D eigenvalue weighted by Crippen LogP contribution is -2.43. The van der Waals surface area contributed by atoms with Crippen molar-refractivity contribution in [1.82, 2.24) is 20.0 Å². The molecular weight excluding hydrogens is 443 g/mol. The standard InChI is InChI=1S/C22H27FN8O3/c23-19-15(2-1-3-18(19)21(33)30-5-8-34-9-6-30)11-25-20-16(10-24)12-26-22(29-20)28-17-13-27-31(14-17)4-7-32/h1-3,10,12-14,22,28,32H,4-9,11,24H2,(H,25,29). The molecule has 3 heterocycles. The highest BCUT2D eigenvalue weighted by atomic mass is 19.1. The minimum Gasteiger partial charge on any atom is -0.404 e. The second-order valence-electron chi connectivity index (χ2n) is 7.66. The van der Waals surface area contributed by atoms with E-state index in [1.54, 1.807) is 40.3 Å². The number of aliphatic hydroxyl groups is 1. The quantitative estimate of drug-likeness (QED) is 0.456. The Balaban J connectivity index is 1.47. The number of halogens is 1. The van der Waals surface area contributed by atoms with Crippen molar-refractivity contribution in [2.45, 2.75) is 19.4 Å². The summed E-state index contributed by atoms with van der Waals surface area (Å²) in [5.41, 5.74) is 7.27. The SMILES string of the molecule is NC=C1C=NC(Nc2cnn(CCO)c2)NC1=NCc1cccc(C(=O)N2CCOCC2)c1F. The molecule has 2 aliphatic heterocycles. The van der Waals surface area contributed by atoms with E-state index in [0.29, 0.717) is 55.5 Å². The molecule has 1 unspecified atom stereocenters. The van der Waals surface area contributed by atoms with Crippen molar-refractivity contribution in [2.24, 2.45) is 15.7 Å². The molecule has 2 aromatic rings. The topological polar surface area (TPSA) is 142 Å². The van der Waals surface area contributed by atoms with Gasteiger partial charge in [0.15, 0.2) is 6.29 Å². The molecule has 1 amide bonds. The van der Waals surface area contributed by atoms with Gasteiger partial charge in [0, 0.05) is 37.3 Å². The van der Waals surface area contributed by atoms with Gasteiger partial charge in [0.05, 0.1) is 55.9 Å². The van der Waals surface area contributed by atoms with Crippen molar-refractivity contribution >= 4 is 23.6 Å². The average Bonchev–Trinajstić information content (AvgIpc) is 3.30. The predicted molar refractivity (Wildman–Crippen MR) is 125 cm³/mol.